The first-order valence-corrected chi connectivity index (χ1v) is 8.13. The first-order valence-electron chi connectivity index (χ1n) is 6.91. The molecule has 3 nitrogen and oxygen atoms in total. The first-order chi connectivity index (χ1) is 10.1. The Labute approximate surface area is 133 Å². The number of hydrogen-bond acceptors (Lipinski definition) is 3. The van der Waals surface area contributed by atoms with E-state index in [1.165, 1.54) is 27.6 Å². The molecule has 0 bridgehead atoms. The number of hydrogen-bond donors (Lipinski definition) is 0. The van der Waals surface area contributed by atoms with Crippen molar-refractivity contribution in [2.45, 2.75) is 19.9 Å². The van der Waals surface area contributed by atoms with Crippen molar-refractivity contribution in [3.63, 3.8) is 0 Å². The number of likely N-dealkylation sites (N-methyl/N-ethyl adjacent to an activating group) is 1. The number of rotatable bonds is 3. The van der Waals surface area contributed by atoms with Crippen LogP contribution in [-0.4, -0.2) is 26.7 Å². The van der Waals surface area contributed by atoms with Crippen LogP contribution in [0, 0.1) is 0 Å². The Bertz CT molecular complexity index is 761. The summed E-state index contributed by atoms with van der Waals surface area (Å²) in [5, 5.41) is 1.17. The first kappa shape index (κ1) is 14.4. The van der Waals surface area contributed by atoms with E-state index >= 15 is 0 Å². The molecule has 3 rings (SSSR count). The van der Waals surface area contributed by atoms with Gasteiger partial charge in [0.1, 0.15) is 4.32 Å². The lowest BCUT2D eigenvalue weighted by molar-refractivity contribution is -0.121. The summed E-state index contributed by atoms with van der Waals surface area (Å²) in [4.78, 5) is 14.4. The number of carbonyl (C=O) groups excluding carboxylic acids is 1. The predicted molar refractivity (Wildman–Crippen MR) is 93.2 cm³/mol. The van der Waals surface area contributed by atoms with Crippen molar-refractivity contribution >= 4 is 51.2 Å². The van der Waals surface area contributed by atoms with Gasteiger partial charge in [-0.1, -0.05) is 49.1 Å². The molecule has 1 fully saturated rings. The molecule has 1 aromatic heterocycles. The number of carbonyl (C=O) groups is 1. The highest BCUT2D eigenvalue weighted by molar-refractivity contribution is 8.26. The Morgan fingerprint density at radius 2 is 2.10 bits per heavy atom. The van der Waals surface area contributed by atoms with Crippen molar-refractivity contribution < 1.29 is 4.79 Å². The normalized spacial score (nSPS) is 17.4. The lowest BCUT2D eigenvalue weighted by Crippen LogP contribution is -2.22. The number of fused-ring (bicyclic) bond motifs is 1. The predicted octanol–water partition coefficient (Wildman–Crippen LogP) is 3.88. The highest BCUT2D eigenvalue weighted by Crippen LogP contribution is 2.33. The quantitative estimate of drug-likeness (QED) is 0.634. The number of nitrogens with zero attached hydrogens (tertiary/aromatic N) is 2. The number of aryl methyl sites for hydroxylation is 1. The Kier molecular flexibility index (Phi) is 3.87. The van der Waals surface area contributed by atoms with Gasteiger partial charge >= 0.3 is 0 Å². The molecule has 1 saturated heterocycles. The molecule has 5 heteroatoms. The van der Waals surface area contributed by atoms with Gasteiger partial charge < -0.3 is 4.57 Å². The topological polar surface area (TPSA) is 25.2 Å². The molecule has 1 aliphatic heterocycles. The van der Waals surface area contributed by atoms with Gasteiger partial charge in [0.25, 0.3) is 5.91 Å². The summed E-state index contributed by atoms with van der Waals surface area (Å²) in [6, 6.07) is 8.29. The molecule has 21 heavy (non-hydrogen) atoms. The molecule has 1 aliphatic rings. The zero-order valence-electron chi connectivity index (χ0n) is 12.0. The summed E-state index contributed by atoms with van der Waals surface area (Å²) in [5.41, 5.74) is 2.28. The van der Waals surface area contributed by atoms with Gasteiger partial charge in [-0.15, -0.1) is 0 Å². The molecule has 0 aliphatic carbocycles. The van der Waals surface area contributed by atoms with E-state index < -0.39 is 0 Å². The molecule has 2 aromatic rings. The Hall–Kier alpha value is -1.59. The maximum atomic E-state index is 12.1. The van der Waals surface area contributed by atoms with Gasteiger partial charge in [0.05, 0.1) is 4.91 Å². The van der Waals surface area contributed by atoms with E-state index in [1.807, 2.05) is 18.2 Å². The second kappa shape index (κ2) is 5.66. The average molecular weight is 316 g/mol. The number of thiocarbonyl (C=S) groups is 1. The third-order valence-electron chi connectivity index (χ3n) is 3.56. The standard InChI is InChI=1S/C16H16N2OS2/c1-3-8-18-10-11(12-6-4-5-7-13(12)18)9-14-15(19)17(2)16(20)21-14/h4-7,9-10H,3,8H2,1-2H3/b14-9+. The Balaban J connectivity index is 2.09. The zero-order chi connectivity index (χ0) is 15.0. The molecule has 0 unspecified atom stereocenters. The number of thioether (sulfide) groups is 1. The maximum Gasteiger partial charge on any atom is 0.265 e. The Morgan fingerprint density at radius 1 is 1.33 bits per heavy atom. The summed E-state index contributed by atoms with van der Waals surface area (Å²) in [6.07, 6.45) is 5.16. The van der Waals surface area contributed by atoms with Crippen LogP contribution in [-0.2, 0) is 11.3 Å². The maximum absolute atomic E-state index is 12.1. The van der Waals surface area contributed by atoms with Gasteiger partial charge in [-0.2, -0.15) is 0 Å². The molecule has 0 atom stereocenters. The average Bonchev–Trinajstić information content (AvgIpc) is 2.94. The fourth-order valence-electron chi connectivity index (χ4n) is 2.50. The minimum Gasteiger partial charge on any atom is -0.347 e. The van der Waals surface area contributed by atoms with Crippen molar-refractivity contribution in [2.24, 2.45) is 0 Å². The molecule has 1 amide bonds. The summed E-state index contributed by atoms with van der Waals surface area (Å²) in [5.74, 6) is -0.0164. The van der Waals surface area contributed by atoms with Crippen LogP contribution in [0.2, 0.25) is 0 Å². The fourth-order valence-corrected chi connectivity index (χ4v) is 3.67. The molecular weight excluding hydrogens is 300 g/mol. The van der Waals surface area contributed by atoms with Crippen molar-refractivity contribution in [1.29, 1.82) is 0 Å². The highest BCUT2D eigenvalue weighted by Gasteiger charge is 2.28. The Morgan fingerprint density at radius 3 is 2.76 bits per heavy atom. The van der Waals surface area contributed by atoms with Crippen molar-refractivity contribution in [3.05, 3.63) is 40.9 Å². The minimum absolute atomic E-state index is 0.0164. The number of amides is 1. The van der Waals surface area contributed by atoms with Crippen molar-refractivity contribution in [2.75, 3.05) is 7.05 Å². The molecule has 0 radical (unpaired) electrons. The van der Waals surface area contributed by atoms with Crippen LogP contribution < -0.4 is 0 Å². The fraction of sp³-hybridized carbons (Fsp3) is 0.250. The van der Waals surface area contributed by atoms with Gasteiger partial charge in [-0.05, 0) is 18.6 Å². The van der Waals surface area contributed by atoms with E-state index in [2.05, 4.69) is 29.8 Å². The van der Waals surface area contributed by atoms with Gasteiger partial charge in [0.2, 0.25) is 0 Å². The lowest BCUT2D eigenvalue weighted by atomic mass is 10.1. The summed E-state index contributed by atoms with van der Waals surface area (Å²) in [7, 11) is 1.72. The zero-order valence-corrected chi connectivity index (χ0v) is 13.6. The van der Waals surface area contributed by atoms with Crippen LogP contribution in [0.15, 0.2) is 35.4 Å². The van der Waals surface area contributed by atoms with Crippen LogP contribution in [0.4, 0.5) is 0 Å². The van der Waals surface area contributed by atoms with E-state index in [4.69, 9.17) is 12.2 Å². The molecule has 2 heterocycles. The molecule has 0 saturated carbocycles. The lowest BCUT2D eigenvalue weighted by Gasteiger charge is -2.03. The second-order valence-electron chi connectivity index (χ2n) is 5.04. The van der Waals surface area contributed by atoms with Gasteiger partial charge in [0.15, 0.2) is 0 Å². The smallest absolute Gasteiger partial charge is 0.265 e. The molecule has 0 spiro atoms. The summed E-state index contributed by atoms with van der Waals surface area (Å²) < 4.78 is 2.86. The number of aromatic nitrogens is 1. The molecule has 0 N–H and O–H groups in total. The van der Waals surface area contributed by atoms with Crippen LogP contribution in [0.1, 0.15) is 18.9 Å². The van der Waals surface area contributed by atoms with Crippen LogP contribution in [0.25, 0.3) is 17.0 Å². The highest BCUT2D eigenvalue weighted by atomic mass is 32.2. The summed E-state index contributed by atoms with van der Waals surface area (Å²) >= 11 is 6.54. The largest absolute Gasteiger partial charge is 0.347 e. The molecular formula is C16H16N2OS2. The third kappa shape index (κ3) is 2.51. The van der Waals surface area contributed by atoms with Crippen molar-refractivity contribution in [1.82, 2.24) is 9.47 Å². The van der Waals surface area contributed by atoms with E-state index in [9.17, 15) is 4.79 Å². The van der Waals surface area contributed by atoms with Crippen LogP contribution in [0.3, 0.4) is 0 Å². The summed E-state index contributed by atoms with van der Waals surface area (Å²) in [6.45, 7) is 3.14. The van der Waals surface area contributed by atoms with Crippen molar-refractivity contribution in [3.8, 4) is 0 Å². The van der Waals surface area contributed by atoms with E-state index in [0.717, 1.165) is 18.5 Å². The van der Waals surface area contributed by atoms with Gasteiger partial charge in [-0.25, -0.2) is 0 Å². The van der Waals surface area contributed by atoms with Crippen LogP contribution >= 0.6 is 24.0 Å². The number of benzene rings is 1. The van der Waals surface area contributed by atoms with Gasteiger partial charge in [0, 0.05) is 36.3 Å². The second-order valence-corrected chi connectivity index (χ2v) is 6.71. The van der Waals surface area contributed by atoms with E-state index in [1.54, 1.807) is 7.05 Å². The third-order valence-corrected chi connectivity index (χ3v) is 5.04. The molecule has 108 valence electrons. The van der Waals surface area contributed by atoms with Gasteiger partial charge in [-0.3, -0.25) is 9.69 Å². The van der Waals surface area contributed by atoms with E-state index in [-0.39, 0.29) is 5.91 Å². The minimum atomic E-state index is -0.0164. The van der Waals surface area contributed by atoms with Crippen LogP contribution in [0.5, 0.6) is 0 Å². The van der Waals surface area contributed by atoms with E-state index in [0.29, 0.717) is 9.23 Å². The SMILES string of the molecule is CCCn1cc(/C=C2/SC(=S)N(C)C2=O)c2ccccc21. The number of para-hydroxylation sites is 1. The monoisotopic (exact) mass is 316 g/mol. The molecule has 1 aromatic carbocycles.